The molecule has 0 spiro atoms. The maximum Gasteiger partial charge on any atom is 0.178 e. The van der Waals surface area contributed by atoms with Crippen LogP contribution in [-0.2, 0) is 6.42 Å². The lowest BCUT2D eigenvalue weighted by molar-refractivity contribution is 0.784. The lowest BCUT2D eigenvalue weighted by atomic mass is 10.1. The van der Waals surface area contributed by atoms with Crippen LogP contribution >= 0.6 is 0 Å². The van der Waals surface area contributed by atoms with E-state index in [-0.39, 0.29) is 0 Å². The Kier molecular flexibility index (Phi) is 2.34. The van der Waals surface area contributed by atoms with Crippen molar-refractivity contribution in [2.75, 3.05) is 5.73 Å². The zero-order chi connectivity index (χ0) is 11.0. The maximum atomic E-state index is 5.99. The molecule has 0 aliphatic carbocycles. The third-order valence-electron chi connectivity index (χ3n) is 2.55. The minimum absolute atomic E-state index is 0.330. The van der Waals surface area contributed by atoms with E-state index >= 15 is 0 Å². The van der Waals surface area contributed by atoms with Crippen molar-refractivity contribution in [2.24, 2.45) is 0 Å². The summed E-state index contributed by atoms with van der Waals surface area (Å²) in [5.74, 6) is 0.330. The van der Waals surface area contributed by atoms with Crippen molar-refractivity contribution in [3.05, 3.63) is 23.7 Å². The molecule has 15 heavy (non-hydrogen) atoms. The van der Waals surface area contributed by atoms with Crippen LogP contribution in [0.1, 0.15) is 37.9 Å². The maximum absolute atomic E-state index is 5.99. The Bertz CT molecular complexity index is 485. The van der Waals surface area contributed by atoms with Crippen LogP contribution in [0.3, 0.4) is 0 Å². The van der Waals surface area contributed by atoms with E-state index in [0.29, 0.717) is 11.6 Å². The molecule has 2 aromatic heterocycles. The number of nitrogens with zero attached hydrogens (tertiary/aromatic N) is 3. The smallest absolute Gasteiger partial charge is 0.178 e. The van der Waals surface area contributed by atoms with E-state index in [0.717, 1.165) is 17.8 Å². The number of aromatic nitrogens is 3. The minimum Gasteiger partial charge on any atom is -0.394 e. The topological polar surface area (TPSA) is 56.2 Å². The van der Waals surface area contributed by atoms with Gasteiger partial charge in [0.05, 0.1) is 5.69 Å². The van der Waals surface area contributed by atoms with Gasteiger partial charge < -0.3 is 5.73 Å². The number of fused-ring (bicyclic) bond motifs is 1. The Morgan fingerprint density at radius 3 is 2.80 bits per heavy atom. The summed E-state index contributed by atoms with van der Waals surface area (Å²) >= 11 is 0. The molecule has 4 nitrogen and oxygen atoms in total. The highest BCUT2D eigenvalue weighted by Gasteiger charge is 2.13. The summed E-state index contributed by atoms with van der Waals surface area (Å²) in [6, 6.07) is 0. The van der Waals surface area contributed by atoms with Crippen LogP contribution < -0.4 is 5.73 Å². The van der Waals surface area contributed by atoms with Crippen molar-refractivity contribution in [3.63, 3.8) is 0 Å². The zero-order valence-electron chi connectivity index (χ0n) is 9.36. The number of hydrogen-bond donors (Lipinski definition) is 1. The lowest BCUT2D eigenvalue weighted by Gasteiger charge is -1.98. The molecule has 2 N–H and O–H groups in total. The Morgan fingerprint density at radius 2 is 2.20 bits per heavy atom. The fraction of sp³-hybridized carbons (Fsp3) is 0.455. The standard InChI is InChI=1S/C11H16N4/c1-4-8-5-13-11-9(12)10(7(2)3)14-15(11)6-8/h5-7H,4,12H2,1-3H3. The fourth-order valence-corrected chi connectivity index (χ4v) is 1.62. The second kappa shape index (κ2) is 3.53. The predicted molar refractivity (Wildman–Crippen MR) is 60.9 cm³/mol. The van der Waals surface area contributed by atoms with Crippen molar-refractivity contribution in [3.8, 4) is 0 Å². The Hall–Kier alpha value is -1.58. The lowest BCUT2D eigenvalue weighted by Crippen LogP contribution is -1.94. The summed E-state index contributed by atoms with van der Waals surface area (Å²) in [6.45, 7) is 6.26. The fourth-order valence-electron chi connectivity index (χ4n) is 1.62. The number of anilines is 1. The largest absolute Gasteiger partial charge is 0.394 e. The highest BCUT2D eigenvalue weighted by Crippen LogP contribution is 2.23. The van der Waals surface area contributed by atoms with Crippen LogP contribution in [-0.4, -0.2) is 14.6 Å². The van der Waals surface area contributed by atoms with E-state index in [1.165, 1.54) is 5.56 Å². The van der Waals surface area contributed by atoms with Crippen molar-refractivity contribution < 1.29 is 0 Å². The SMILES string of the molecule is CCc1cnc2c(N)c(C(C)C)nn2c1. The number of nitrogens with two attached hydrogens (primary N) is 1. The first-order chi connectivity index (χ1) is 7.13. The Morgan fingerprint density at radius 1 is 1.47 bits per heavy atom. The van der Waals surface area contributed by atoms with Crippen molar-refractivity contribution in [1.82, 2.24) is 14.6 Å². The zero-order valence-corrected chi connectivity index (χ0v) is 9.36. The highest BCUT2D eigenvalue weighted by molar-refractivity contribution is 5.67. The molecule has 0 aromatic carbocycles. The summed E-state index contributed by atoms with van der Waals surface area (Å²) in [7, 11) is 0. The molecular formula is C11H16N4. The van der Waals surface area contributed by atoms with Crippen LogP contribution in [0.2, 0.25) is 0 Å². The molecule has 0 atom stereocenters. The van der Waals surface area contributed by atoms with Gasteiger partial charge in [-0.15, -0.1) is 0 Å². The third kappa shape index (κ3) is 1.56. The normalized spacial score (nSPS) is 11.5. The molecule has 4 heteroatoms. The number of hydrogen-bond acceptors (Lipinski definition) is 3. The minimum atomic E-state index is 0.330. The van der Waals surface area contributed by atoms with Crippen LogP contribution in [0, 0.1) is 0 Å². The quantitative estimate of drug-likeness (QED) is 0.814. The summed E-state index contributed by atoms with van der Waals surface area (Å²) in [4.78, 5) is 4.33. The van der Waals surface area contributed by atoms with Gasteiger partial charge in [-0.05, 0) is 17.9 Å². The third-order valence-corrected chi connectivity index (χ3v) is 2.55. The molecule has 2 aromatic rings. The van der Waals surface area contributed by atoms with Crippen molar-refractivity contribution >= 4 is 11.3 Å². The molecule has 0 aliphatic heterocycles. The molecule has 0 saturated heterocycles. The molecule has 0 unspecified atom stereocenters. The summed E-state index contributed by atoms with van der Waals surface area (Å²) in [5.41, 5.74) is 9.54. The van der Waals surface area contributed by atoms with Gasteiger partial charge >= 0.3 is 0 Å². The Labute approximate surface area is 89.1 Å². The molecule has 0 bridgehead atoms. The van der Waals surface area contributed by atoms with Crippen LogP contribution in [0.4, 0.5) is 5.69 Å². The van der Waals surface area contributed by atoms with Crippen molar-refractivity contribution in [1.29, 1.82) is 0 Å². The van der Waals surface area contributed by atoms with Gasteiger partial charge in [0.1, 0.15) is 5.69 Å². The van der Waals surface area contributed by atoms with E-state index in [1.54, 1.807) is 4.52 Å². The van der Waals surface area contributed by atoms with Gasteiger partial charge in [-0.1, -0.05) is 20.8 Å². The molecule has 0 amide bonds. The van der Waals surface area contributed by atoms with Crippen molar-refractivity contribution in [2.45, 2.75) is 33.1 Å². The number of aryl methyl sites for hydroxylation is 1. The van der Waals surface area contributed by atoms with E-state index in [2.05, 4.69) is 30.9 Å². The first-order valence-corrected chi connectivity index (χ1v) is 5.26. The van der Waals surface area contributed by atoms with Gasteiger partial charge in [-0.2, -0.15) is 5.10 Å². The van der Waals surface area contributed by atoms with Gasteiger partial charge in [0.25, 0.3) is 0 Å². The first kappa shape index (κ1) is 9.96. The predicted octanol–water partition coefficient (Wildman–Crippen LogP) is 2.00. The molecule has 2 heterocycles. The van der Waals surface area contributed by atoms with Gasteiger partial charge in [0, 0.05) is 12.4 Å². The molecule has 0 saturated carbocycles. The van der Waals surface area contributed by atoms with E-state index < -0.39 is 0 Å². The highest BCUT2D eigenvalue weighted by atomic mass is 15.3. The van der Waals surface area contributed by atoms with Gasteiger partial charge in [0.2, 0.25) is 0 Å². The second-order valence-corrected chi connectivity index (χ2v) is 4.04. The molecule has 2 rings (SSSR count). The summed E-state index contributed by atoms with van der Waals surface area (Å²) in [5, 5.41) is 4.45. The van der Waals surface area contributed by atoms with E-state index in [9.17, 15) is 0 Å². The number of nitrogen functional groups attached to an aromatic ring is 1. The first-order valence-electron chi connectivity index (χ1n) is 5.26. The molecule has 0 fully saturated rings. The molecule has 0 aliphatic rings. The number of rotatable bonds is 2. The summed E-state index contributed by atoms with van der Waals surface area (Å²) < 4.78 is 1.78. The van der Waals surface area contributed by atoms with Crippen LogP contribution in [0.5, 0.6) is 0 Å². The average Bonchev–Trinajstić information content (AvgIpc) is 2.55. The second-order valence-electron chi connectivity index (χ2n) is 4.04. The van der Waals surface area contributed by atoms with Gasteiger partial charge in [-0.3, -0.25) is 0 Å². The van der Waals surface area contributed by atoms with Crippen LogP contribution in [0.15, 0.2) is 12.4 Å². The average molecular weight is 204 g/mol. The summed E-state index contributed by atoms with van der Waals surface area (Å²) in [6.07, 6.45) is 4.81. The molecule has 80 valence electrons. The van der Waals surface area contributed by atoms with Gasteiger partial charge in [0.15, 0.2) is 5.65 Å². The monoisotopic (exact) mass is 204 g/mol. The Balaban J connectivity index is 2.65. The van der Waals surface area contributed by atoms with Gasteiger partial charge in [-0.25, -0.2) is 9.50 Å². The molecular weight excluding hydrogens is 188 g/mol. The van der Waals surface area contributed by atoms with E-state index in [1.807, 2.05) is 12.4 Å². The van der Waals surface area contributed by atoms with E-state index in [4.69, 9.17) is 5.73 Å². The molecule has 0 radical (unpaired) electrons. The van der Waals surface area contributed by atoms with Crippen LogP contribution in [0.25, 0.3) is 5.65 Å².